The Morgan fingerprint density at radius 3 is 2.68 bits per heavy atom. The molecule has 2 atom stereocenters. The first-order valence-corrected chi connectivity index (χ1v) is 6.50. The second-order valence-electron chi connectivity index (χ2n) is 4.68. The van der Waals surface area contributed by atoms with Crippen LogP contribution in [0.5, 0.6) is 11.5 Å². The Labute approximate surface area is 112 Å². The van der Waals surface area contributed by atoms with Gasteiger partial charge in [0, 0.05) is 5.92 Å². The number of nitrogens with zero attached hydrogens (tertiary/aromatic N) is 1. The zero-order valence-electron chi connectivity index (χ0n) is 11.2. The molecule has 2 rings (SSSR count). The molecule has 1 aromatic rings. The number of Topliss-reactive ketones (excluding diaryl/α,β-unsaturated/α-hetero) is 1. The molecule has 0 bridgehead atoms. The fourth-order valence-electron chi connectivity index (χ4n) is 2.03. The van der Waals surface area contributed by atoms with Gasteiger partial charge >= 0.3 is 0 Å². The minimum Gasteiger partial charge on any atom is -0.486 e. The summed E-state index contributed by atoms with van der Waals surface area (Å²) in [5.41, 5.74) is 0.678. The van der Waals surface area contributed by atoms with E-state index in [1.165, 1.54) is 0 Å². The van der Waals surface area contributed by atoms with Gasteiger partial charge in [-0.15, -0.1) is 0 Å². The van der Waals surface area contributed by atoms with Crippen LogP contribution in [0.2, 0.25) is 0 Å². The van der Waals surface area contributed by atoms with Crippen LogP contribution in [-0.2, 0) is 4.79 Å². The van der Waals surface area contributed by atoms with E-state index < -0.39 is 5.92 Å². The zero-order valence-corrected chi connectivity index (χ0v) is 11.2. The second-order valence-corrected chi connectivity index (χ2v) is 4.68. The fraction of sp³-hybridized carbons (Fsp3) is 0.467. The van der Waals surface area contributed by atoms with E-state index in [0.717, 1.165) is 6.42 Å². The number of carbonyl (C=O) groups is 1. The molecule has 0 aliphatic carbocycles. The highest BCUT2D eigenvalue weighted by atomic mass is 16.6. The maximum absolute atomic E-state index is 12.2. The summed E-state index contributed by atoms with van der Waals surface area (Å²) < 4.78 is 10.9. The van der Waals surface area contributed by atoms with Crippen LogP contribution in [0, 0.1) is 17.2 Å². The molecule has 4 heteroatoms. The summed E-state index contributed by atoms with van der Waals surface area (Å²) in [4.78, 5) is 12.2. The van der Waals surface area contributed by atoms with E-state index in [1.54, 1.807) is 18.2 Å². The Bertz CT molecular complexity index is 519. The summed E-state index contributed by atoms with van der Waals surface area (Å²) in [6.45, 7) is 4.82. The normalized spacial score (nSPS) is 16.3. The van der Waals surface area contributed by atoms with Crippen molar-refractivity contribution in [2.75, 3.05) is 13.2 Å². The summed E-state index contributed by atoms with van der Waals surface area (Å²) in [7, 11) is 0. The molecular weight excluding hydrogens is 242 g/mol. The lowest BCUT2D eigenvalue weighted by Gasteiger charge is -2.20. The minimum absolute atomic E-state index is 0.0401. The predicted octanol–water partition coefficient (Wildman–Crippen LogP) is 2.68. The van der Waals surface area contributed by atoms with Gasteiger partial charge in [0.25, 0.3) is 0 Å². The maximum atomic E-state index is 12.2. The molecular formula is C15H17NO3. The number of hydrogen-bond donors (Lipinski definition) is 0. The van der Waals surface area contributed by atoms with Gasteiger partial charge in [-0.2, -0.15) is 5.26 Å². The molecule has 1 aliphatic heterocycles. The van der Waals surface area contributed by atoms with Crippen LogP contribution >= 0.6 is 0 Å². The second kappa shape index (κ2) is 5.75. The van der Waals surface area contributed by atoms with Crippen molar-refractivity contribution >= 4 is 5.78 Å². The Hall–Kier alpha value is -2.02. The number of ether oxygens (including phenoxy) is 2. The van der Waals surface area contributed by atoms with E-state index in [-0.39, 0.29) is 11.7 Å². The smallest absolute Gasteiger partial charge is 0.161 e. The zero-order chi connectivity index (χ0) is 13.8. The number of benzene rings is 1. The first-order valence-electron chi connectivity index (χ1n) is 6.50. The summed E-state index contributed by atoms with van der Waals surface area (Å²) in [5, 5.41) is 9.26. The van der Waals surface area contributed by atoms with Crippen molar-refractivity contribution in [2.45, 2.75) is 26.2 Å². The molecule has 1 aliphatic rings. The third kappa shape index (κ3) is 2.70. The highest BCUT2D eigenvalue weighted by molar-refractivity contribution is 5.90. The van der Waals surface area contributed by atoms with Gasteiger partial charge < -0.3 is 9.47 Å². The molecule has 0 fully saturated rings. The van der Waals surface area contributed by atoms with Crippen LogP contribution in [0.3, 0.4) is 0 Å². The third-order valence-corrected chi connectivity index (χ3v) is 3.41. The Morgan fingerprint density at radius 2 is 2.05 bits per heavy atom. The van der Waals surface area contributed by atoms with Gasteiger partial charge in [-0.3, -0.25) is 4.79 Å². The largest absolute Gasteiger partial charge is 0.486 e. The van der Waals surface area contributed by atoms with Crippen molar-refractivity contribution in [3.8, 4) is 17.6 Å². The topological polar surface area (TPSA) is 59.3 Å². The number of ketones is 1. The summed E-state index contributed by atoms with van der Waals surface area (Å²) in [6.07, 6.45) is 0.738. The van der Waals surface area contributed by atoms with Crippen molar-refractivity contribution in [1.82, 2.24) is 0 Å². The fourth-order valence-corrected chi connectivity index (χ4v) is 2.03. The lowest BCUT2D eigenvalue weighted by Crippen LogP contribution is -2.19. The van der Waals surface area contributed by atoms with Crippen molar-refractivity contribution < 1.29 is 14.3 Å². The summed E-state index contributed by atoms with van der Waals surface area (Å²) in [6, 6.07) is 7.36. The van der Waals surface area contributed by atoms with Gasteiger partial charge in [0.2, 0.25) is 0 Å². The Balaban J connectivity index is 2.29. The molecule has 4 nitrogen and oxygen atoms in total. The van der Waals surface area contributed by atoms with Gasteiger partial charge in [-0.05, 0) is 24.1 Å². The minimum atomic E-state index is -0.731. The van der Waals surface area contributed by atoms with E-state index >= 15 is 0 Å². The van der Waals surface area contributed by atoms with Gasteiger partial charge in [-0.1, -0.05) is 19.9 Å². The molecule has 0 radical (unpaired) electrons. The molecule has 2 unspecified atom stereocenters. The van der Waals surface area contributed by atoms with E-state index in [1.807, 2.05) is 13.8 Å². The Kier molecular flexibility index (Phi) is 4.06. The first kappa shape index (κ1) is 13.4. The van der Waals surface area contributed by atoms with E-state index in [0.29, 0.717) is 30.3 Å². The van der Waals surface area contributed by atoms with Crippen LogP contribution in [0.1, 0.15) is 31.7 Å². The van der Waals surface area contributed by atoms with Gasteiger partial charge in [-0.25, -0.2) is 0 Å². The molecule has 0 saturated carbocycles. The molecule has 1 aromatic carbocycles. The highest BCUT2D eigenvalue weighted by Gasteiger charge is 2.25. The van der Waals surface area contributed by atoms with Crippen LogP contribution in [-0.4, -0.2) is 19.0 Å². The monoisotopic (exact) mass is 259 g/mol. The van der Waals surface area contributed by atoms with Gasteiger partial charge in [0.05, 0.1) is 6.07 Å². The lowest BCUT2D eigenvalue weighted by atomic mass is 9.88. The molecule has 0 spiro atoms. The number of carbonyl (C=O) groups excluding carboxylic acids is 1. The van der Waals surface area contributed by atoms with Crippen LogP contribution in [0.4, 0.5) is 0 Å². The van der Waals surface area contributed by atoms with Crippen molar-refractivity contribution in [3.63, 3.8) is 0 Å². The first-order chi connectivity index (χ1) is 9.17. The average molecular weight is 259 g/mol. The van der Waals surface area contributed by atoms with Gasteiger partial charge in [0.15, 0.2) is 17.3 Å². The van der Waals surface area contributed by atoms with Crippen molar-refractivity contribution in [1.29, 1.82) is 5.26 Å². The molecule has 0 saturated heterocycles. The molecule has 0 aromatic heterocycles. The third-order valence-electron chi connectivity index (χ3n) is 3.41. The molecule has 100 valence electrons. The molecule has 1 heterocycles. The van der Waals surface area contributed by atoms with Crippen molar-refractivity contribution in [3.05, 3.63) is 23.8 Å². The average Bonchev–Trinajstić information content (AvgIpc) is 2.46. The SMILES string of the molecule is CCC(C)C(=O)C(C#N)c1ccc2c(c1)OCCO2. The summed E-state index contributed by atoms with van der Waals surface area (Å²) >= 11 is 0. The van der Waals surface area contributed by atoms with E-state index in [9.17, 15) is 10.1 Å². The molecule has 0 N–H and O–H groups in total. The van der Waals surface area contributed by atoms with Gasteiger partial charge in [0.1, 0.15) is 19.1 Å². The van der Waals surface area contributed by atoms with Crippen LogP contribution in [0.25, 0.3) is 0 Å². The van der Waals surface area contributed by atoms with Crippen molar-refractivity contribution in [2.24, 2.45) is 5.92 Å². The Morgan fingerprint density at radius 1 is 1.37 bits per heavy atom. The number of nitriles is 1. The maximum Gasteiger partial charge on any atom is 0.161 e. The molecule has 0 amide bonds. The standard InChI is InChI=1S/C15H17NO3/c1-3-10(2)15(17)12(9-16)11-4-5-13-14(8-11)19-7-6-18-13/h4-5,8,10,12H,3,6-7H2,1-2H3. The van der Waals surface area contributed by atoms with Crippen LogP contribution < -0.4 is 9.47 Å². The number of hydrogen-bond acceptors (Lipinski definition) is 4. The van der Waals surface area contributed by atoms with Crippen LogP contribution in [0.15, 0.2) is 18.2 Å². The quantitative estimate of drug-likeness (QED) is 0.834. The number of fused-ring (bicyclic) bond motifs is 1. The highest BCUT2D eigenvalue weighted by Crippen LogP contribution is 2.34. The lowest BCUT2D eigenvalue weighted by molar-refractivity contribution is -0.122. The van der Waals surface area contributed by atoms with E-state index in [4.69, 9.17) is 9.47 Å². The predicted molar refractivity (Wildman–Crippen MR) is 70.2 cm³/mol. The molecule has 19 heavy (non-hydrogen) atoms. The summed E-state index contributed by atoms with van der Waals surface area (Å²) in [5.74, 6) is 0.397. The van der Waals surface area contributed by atoms with E-state index in [2.05, 4.69) is 6.07 Å². The number of rotatable bonds is 4.